The molecule has 2 rings (SSSR count). The van der Waals surface area contributed by atoms with E-state index in [1.165, 1.54) is 12.1 Å². The predicted molar refractivity (Wildman–Crippen MR) is 67.4 cm³/mol. The second-order valence-electron chi connectivity index (χ2n) is 3.82. The number of ether oxygens (including phenoxy) is 1. The first-order valence-electron chi connectivity index (χ1n) is 5.46. The van der Waals surface area contributed by atoms with Crippen LogP contribution in [0.5, 0.6) is 11.5 Å². The van der Waals surface area contributed by atoms with E-state index < -0.39 is 5.91 Å². The first-order chi connectivity index (χ1) is 8.66. The van der Waals surface area contributed by atoms with Gasteiger partial charge in [-0.25, -0.2) is 0 Å². The van der Waals surface area contributed by atoms with Crippen LogP contribution >= 0.6 is 0 Å². The molecular formula is C14H13NO3. The van der Waals surface area contributed by atoms with Crippen molar-refractivity contribution in [2.45, 2.75) is 6.61 Å². The van der Waals surface area contributed by atoms with Crippen LogP contribution in [-0.2, 0) is 6.61 Å². The average molecular weight is 243 g/mol. The van der Waals surface area contributed by atoms with Crippen molar-refractivity contribution in [1.82, 2.24) is 0 Å². The van der Waals surface area contributed by atoms with Crippen molar-refractivity contribution in [1.29, 1.82) is 0 Å². The Hall–Kier alpha value is -2.49. The van der Waals surface area contributed by atoms with Gasteiger partial charge in [0.1, 0.15) is 18.1 Å². The average Bonchev–Trinajstić information content (AvgIpc) is 2.37. The Morgan fingerprint density at radius 2 is 1.89 bits per heavy atom. The van der Waals surface area contributed by atoms with Gasteiger partial charge in [-0.15, -0.1) is 0 Å². The van der Waals surface area contributed by atoms with Crippen LogP contribution in [-0.4, -0.2) is 11.0 Å². The molecule has 0 aromatic heterocycles. The van der Waals surface area contributed by atoms with Gasteiger partial charge in [0.15, 0.2) is 0 Å². The predicted octanol–water partition coefficient (Wildman–Crippen LogP) is 2.07. The summed E-state index contributed by atoms with van der Waals surface area (Å²) >= 11 is 0. The zero-order valence-corrected chi connectivity index (χ0v) is 9.67. The summed E-state index contributed by atoms with van der Waals surface area (Å²) in [5, 5.41) is 9.58. The van der Waals surface area contributed by atoms with E-state index in [1.807, 2.05) is 30.3 Å². The van der Waals surface area contributed by atoms with Gasteiger partial charge in [0.05, 0.1) is 5.56 Å². The summed E-state index contributed by atoms with van der Waals surface area (Å²) in [6.45, 7) is 0.399. The van der Waals surface area contributed by atoms with Gasteiger partial charge in [-0.05, 0) is 17.7 Å². The Bertz CT molecular complexity index is 552. The normalized spacial score (nSPS) is 10.0. The number of rotatable bonds is 4. The van der Waals surface area contributed by atoms with Crippen molar-refractivity contribution in [3.8, 4) is 11.5 Å². The minimum Gasteiger partial charge on any atom is -0.507 e. The Kier molecular flexibility index (Phi) is 3.48. The summed E-state index contributed by atoms with van der Waals surface area (Å²) < 4.78 is 5.50. The zero-order valence-electron chi connectivity index (χ0n) is 9.67. The van der Waals surface area contributed by atoms with Gasteiger partial charge in [-0.1, -0.05) is 30.3 Å². The molecule has 0 heterocycles. The topological polar surface area (TPSA) is 72.6 Å². The third-order valence-electron chi connectivity index (χ3n) is 2.48. The van der Waals surface area contributed by atoms with E-state index in [4.69, 9.17) is 10.5 Å². The SMILES string of the molecule is NC(=O)c1ccc(OCc2ccccc2)cc1O. The van der Waals surface area contributed by atoms with Gasteiger partial charge in [0.25, 0.3) is 5.91 Å². The van der Waals surface area contributed by atoms with Gasteiger partial charge in [0.2, 0.25) is 0 Å². The molecule has 0 unspecified atom stereocenters. The number of carbonyl (C=O) groups excluding carboxylic acids is 1. The summed E-state index contributed by atoms with van der Waals surface area (Å²) in [5.74, 6) is -0.350. The molecule has 1 amide bonds. The molecule has 0 bridgehead atoms. The number of amides is 1. The molecule has 0 aliphatic carbocycles. The highest BCUT2D eigenvalue weighted by atomic mass is 16.5. The van der Waals surface area contributed by atoms with Crippen LogP contribution in [0.15, 0.2) is 48.5 Å². The van der Waals surface area contributed by atoms with Crippen LogP contribution in [0.4, 0.5) is 0 Å². The standard InChI is InChI=1S/C14H13NO3/c15-14(17)12-7-6-11(8-13(12)16)18-9-10-4-2-1-3-5-10/h1-8,16H,9H2,(H2,15,17). The number of benzene rings is 2. The summed E-state index contributed by atoms with van der Waals surface area (Å²) in [6.07, 6.45) is 0. The van der Waals surface area contributed by atoms with Crippen molar-refractivity contribution >= 4 is 5.91 Å². The molecule has 0 spiro atoms. The smallest absolute Gasteiger partial charge is 0.252 e. The lowest BCUT2D eigenvalue weighted by Gasteiger charge is -2.08. The Morgan fingerprint density at radius 3 is 2.50 bits per heavy atom. The van der Waals surface area contributed by atoms with Crippen molar-refractivity contribution in [2.75, 3.05) is 0 Å². The fourth-order valence-corrected chi connectivity index (χ4v) is 1.55. The zero-order chi connectivity index (χ0) is 13.0. The minimum atomic E-state index is -0.665. The van der Waals surface area contributed by atoms with Crippen LogP contribution in [0.3, 0.4) is 0 Å². The van der Waals surface area contributed by atoms with E-state index in [0.717, 1.165) is 5.56 Å². The molecule has 3 N–H and O–H groups in total. The number of primary amides is 1. The van der Waals surface area contributed by atoms with Gasteiger partial charge < -0.3 is 15.6 Å². The molecule has 0 fully saturated rings. The van der Waals surface area contributed by atoms with E-state index >= 15 is 0 Å². The van der Waals surface area contributed by atoms with Gasteiger partial charge >= 0.3 is 0 Å². The third-order valence-corrected chi connectivity index (χ3v) is 2.48. The largest absolute Gasteiger partial charge is 0.507 e. The maximum atomic E-state index is 10.9. The monoisotopic (exact) mass is 243 g/mol. The van der Waals surface area contributed by atoms with Gasteiger partial charge in [0, 0.05) is 6.07 Å². The Labute approximate surface area is 105 Å². The lowest BCUT2D eigenvalue weighted by atomic mass is 10.2. The molecule has 0 atom stereocenters. The molecule has 0 saturated heterocycles. The van der Waals surface area contributed by atoms with Crippen LogP contribution < -0.4 is 10.5 Å². The maximum absolute atomic E-state index is 10.9. The lowest BCUT2D eigenvalue weighted by Crippen LogP contribution is -2.11. The highest BCUT2D eigenvalue weighted by molar-refractivity contribution is 5.95. The number of hydrogen-bond acceptors (Lipinski definition) is 3. The molecule has 4 nitrogen and oxygen atoms in total. The fraction of sp³-hybridized carbons (Fsp3) is 0.0714. The quantitative estimate of drug-likeness (QED) is 0.863. The van der Waals surface area contributed by atoms with E-state index in [9.17, 15) is 9.90 Å². The lowest BCUT2D eigenvalue weighted by molar-refractivity contribution is 0.0997. The van der Waals surface area contributed by atoms with Crippen molar-refractivity contribution < 1.29 is 14.6 Å². The van der Waals surface area contributed by atoms with Crippen molar-refractivity contribution in [3.63, 3.8) is 0 Å². The van der Waals surface area contributed by atoms with E-state index in [2.05, 4.69) is 0 Å². The Morgan fingerprint density at radius 1 is 1.17 bits per heavy atom. The summed E-state index contributed by atoms with van der Waals surface area (Å²) in [6, 6.07) is 14.1. The van der Waals surface area contributed by atoms with Crippen LogP contribution in [0.25, 0.3) is 0 Å². The van der Waals surface area contributed by atoms with E-state index in [1.54, 1.807) is 6.07 Å². The fourth-order valence-electron chi connectivity index (χ4n) is 1.55. The highest BCUT2D eigenvalue weighted by Crippen LogP contribution is 2.23. The summed E-state index contributed by atoms with van der Waals surface area (Å²) in [7, 11) is 0. The summed E-state index contributed by atoms with van der Waals surface area (Å²) in [4.78, 5) is 10.9. The molecule has 92 valence electrons. The highest BCUT2D eigenvalue weighted by Gasteiger charge is 2.08. The Balaban J connectivity index is 2.07. The van der Waals surface area contributed by atoms with Gasteiger partial charge in [-0.3, -0.25) is 4.79 Å². The van der Waals surface area contributed by atoms with E-state index in [0.29, 0.717) is 12.4 Å². The van der Waals surface area contributed by atoms with Crippen LogP contribution in [0, 0.1) is 0 Å². The molecule has 2 aromatic carbocycles. The minimum absolute atomic E-state index is 0.0852. The number of aromatic hydroxyl groups is 1. The van der Waals surface area contributed by atoms with Crippen LogP contribution in [0.2, 0.25) is 0 Å². The molecule has 0 aliphatic rings. The van der Waals surface area contributed by atoms with E-state index in [-0.39, 0.29) is 11.3 Å². The maximum Gasteiger partial charge on any atom is 0.252 e. The number of nitrogens with two attached hydrogens (primary N) is 1. The molecule has 2 aromatic rings. The summed E-state index contributed by atoms with van der Waals surface area (Å²) in [5.41, 5.74) is 6.20. The molecule has 4 heteroatoms. The first kappa shape index (κ1) is 12.0. The second-order valence-corrected chi connectivity index (χ2v) is 3.82. The van der Waals surface area contributed by atoms with Crippen LogP contribution in [0.1, 0.15) is 15.9 Å². The molecule has 0 saturated carbocycles. The molecule has 0 aliphatic heterocycles. The number of carbonyl (C=O) groups is 1. The third kappa shape index (κ3) is 2.79. The van der Waals surface area contributed by atoms with Crippen molar-refractivity contribution in [3.05, 3.63) is 59.7 Å². The van der Waals surface area contributed by atoms with Gasteiger partial charge in [-0.2, -0.15) is 0 Å². The van der Waals surface area contributed by atoms with Crippen molar-refractivity contribution in [2.24, 2.45) is 5.73 Å². The molecule has 0 radical (unpaired) electrons. The molecule has 18 heavy (non-hydrogen) atoms. The molecular weight excluding hydrogens is 230 g/mol. The number of hydrogen-bond donors (Lipinski definition) is 2. The second kappa shape index (κ2) is 5.23. The number of phenols is 1. The first-order valence-corrected chi connectivity index (χ1v) is 5.46.